The molecule has 9 heteroatoms. The van der Waals surface area contributed by atoms with Crippen LogP contribution in [0.5, 0.6) is 11.5 Å². The fourth-order valence-electron chi connectivity index (χ4n) is 2.67. The van der Waals surface area contributed by atoms with Gasteiger partial charge in [0, 0.05) is 12.1 Å². The van der Waals surface area contributed by atoms with Gasteiger partial charge in [-0.05, 0) is 37.1 Å². The molecule has 0 atom stereocenters. The summed E-state index contributed by atoms with van der Waals surface area (Å²) >= 11 is 6.35. The molecule has 0 heterocycles. The molecule has 0 aliphatic carbocycles. The summed E-state index contributed by atoms with van der Waals surface area (Å²) in [6, 6.07) is 9.96. The van der Waals surface area contributed by atoms with Crippen molar-refractivity contribution in [3.8, 4) is 11.5 Å². The molecule has 0 aromatic heterocycles. The number of amides is 1. The van der Waals surface area contributed by atoms with Gasteiger partial charge >= 0.3 is 0 Å². The summed E-state index contributed by atoms with van der Waals surface area (Å²) in [6.45, 7) is 4.93. The highest BCUT2D eigenvalue weighted by atomic mass is 35.5. The van der Waals surface area contributed by atoms with E-state index >= 15 is 0 Å². The van der Waals surface area contributed by atoms with Crippen LogP contribution in [0.25, 0.3) is 0 Å². The largest absolute Gasteiger partial charge is 0.490 e. The van der Waals surface area contributed by atoms with E-state index in [-0.39, 0.29) is 12.5 Å². The normalized spacial score (nSPS) is 11.1. The Hall–Kier alpha value is -2.45. The number of unbranched alkanes of at least 4 members (excludes halogenated alkanes) is 1. The third-order valence-electron chi connectivity index (χ3n) is 4.07. The van der Waals surface area contributed by atoms with Gasteiger partial charge in [0.15, 0.2) is 11.5 Å². The maximum Gasteiger partial charge on any atom is 0.251 e. The van der Waals surface area contributed by atoms with Gasteiger partial charge in [0.25, 0.3) is 5.91 Å². The van der Waals surface area contributed by atoms with Crippen LogP contribution in [-0.2, 0) is 16.6 Å². The number of anilines is 1. The quantitative estimate of drug-likeness (QED) is 0.496. The molecule has 164 valence electrons. The van der Waals surface area contributed by atoms with Crippen LogP contribution in [0, 0.1) is 0 Å². The highest BCUT2D eigenvalue weighted by Gasteiger charge is 2.17. The summed E-state index contributed by atoms with van der Waals surface area (Å²) in [5.74, 6) is 0.462. The van der Waals surface area contributed by atoms with E-state index in [4.69, 9.17) is 21.1 Å². The van der Waals surface area contributed by atoms with Gasteiger partial charge in [0.1, 0.15) is 0 Å². The summed E-state index contributed by atoms with van der Waals surface area (Å²) in [5.41, 5.74) is 1.36. The summed E-state index contributed by atoms with van der Waals surface area (Å²) in [6.07, 6.45) is 2.94. The van der Waals surface area contributed by atoms with Crippen LogP contribution in [0.2, 0.25) is 5.02 Å². The van der Waals surface area contributed by atoms with E-state index in [1.807, 2.05) is 6.92 Å². The molecule has 2 aromatic rings. The Bertz CT molecular complexity index is 979. The minimum atomic E-state index is -3.43. The highest BCUT2D eigenvalue weighted by Crippen LogP contribution is 2.37. The number of hydrogen-bond acceptors (Lipinski definition) is 5. The van der Waals surface area contributed by atoms with E-state index in [1.54, 1.807) is 30.3 Å². The minimum Gasteiger partial charge on any atom is -0.490 e. The molecule has 1 amide bonds. The van der Waals surface area contributed by atoms with Crippen molar-refractivity contribution >= 4 is 33.2 Å². The highest BCUT2D eigenvalue weighted by molar-refractivity contribution is 7.92. The maximum absolute atomic E-state index is 12.7. The molecule has 0 fully saturated rings. The van der Waals surface area contributed by atoms with Crippen LogP contribution in [0.3, 0.4) is 0 Å². The number of nitrogens with one attached hydrogen (secondary N) is 2. The van der Waals surface area contributed by atoms with Gasteiger partial charge in [-0.15, -0.1) is 0 Å². The van der Waals surface area contributed by atoms with Gasteiger partial charge in [-0.1, -0.05) is 43.1 Å². The van der Waals surface area contributed by atoms with Gasteiger partial charge in [-0.25, -0.2) is 8.42 Å². The van der Waals surface area contributed by atoms with Crippen LogP contribution >= 0.6 is 11.6 Å². The number of benzene rings is 2. The zero-order chi connectivity index (χ0) is 22.1. The zero-order valence-corrected chi connectivity index (χ0v) is 18.9. The lowest BCUT2D eigenvalue weighted by molar-refractivity contribution is 0.0950. The Morgan fingerprint density at radius 1 is 1.13 bits per heavy atom. The Morgan fingerprint density at radius 3 is 2.53 bits per heavy atom. The molecule has 2 N–H and O–H groups in total. The smallest absolute Gasteiger partial charge is 0.251 e. The van der Waals surface area contributed by atoms with Crippen molar-refractivity contribution in [1.29, 1.82) is 0 Å². The summed E-state index contributed by atoms with van der Waals surface area (Å²) in [7, 11) is -3.43. The monoisotopic (exact) mass is 454 g/mol. The van der Waals surface area contributed by atoms with E-state index < -0.39 is 10.0 Å². The fourth-order valence-corrected chi connectivity index (χ4v) is 3.54. The lowest BCUT2D eigenvalue weighted by Gasteiger charge is -2.15. The average Bonchev–Trinajstić information content (AvgIpc) is 2.68. The molecule has 30 heavy (non-hydrogen) atoms. The molecule has 2 aromatic carbocycles. The third kappa shape index (κ3) is 7.11. The first-order chi connectivity index (χ1) is 14.2. The summed E-state index contributed by atoms with van der Waals surface area (Å²) in [5, 5.41) is 3.07. The molecule has 0 unspecified atom stereocenters. The summed E-state index contributed by atoms with van der Waals surface area (Å²) in [4.78, 5) is 12.7. The molecule has 0 spiro atoms. The summed E-state index contributed by atoms with van der Waals surface area (Å²) < 4.78 is 36.9. The van der Waals surface area contributed by atoms with Crippen molar-refractivity contribution in [3.63, 3.8) is 0 Å². The van der Waals surface area contributed by atoms with Gasteiger partial charge < -0.3 is 14.8 Å². The zero-order valence-electron chi connectivity index (χ0n) is 17.3. The topological polar surface area (TPSA) is 93.7 Å². The van der Waals surface area contributed by atoms with Crippen molar-refractivity contribution in [2.45, 2.75) is 33.2 Å². The van der Waals surface area contributed by atoms with E-state index in [0.717, 1.165) is 19.1 Å². The number of para-hydroxylation sites is 1. The minimum absolute atomic E-state index is 0.133. The molecule has 0 radical (unpaired) electrons. The second-order valence-corrected chi connectivity index (χ2v) is 8.79. The van der Waals surface area contributed by atoms with Crippen LogP contribution in [-0.4, -0.2) is 33.8 Å². The van der Waals surface area contributed by atoms with Crippen LogP contribution in [0.1, 0.15) is 42.6 Å². The molecule has 0 bridgehead atoms. The first kappa shape index (κ1) is 23.8. The van der Waals surface area contributed by atoms with Crippen molar-refractivity contribution in [3.05, 3.63) is 52.5 Å². The van der Waals surface area contributed by atoms with Crippen molar-refractivity contribution in [2.24, 2.45) is 0 Å². The third-order valence-corrected chi connectivity index (χ3v) is 4.94. The number of rotatable bonds is 11. The van der Waals surface area contributed by atoms with Crippen molar-refractivity contribution < 1.29 is 22.7 Å². The van der Waals surface area contributed by atoms with Gasteiger partial charge in [-0.3, -0.25) is 9.52 Å². The van der Waals surface area contributed by atoms with Crippen molar-refractivity contribution in [1.82, 2.24) is 5.32 Å². The number of ether oxygens (including phenoxy) is 2. The lowest BCUT2D eigenvalue weighted by atomic mass is 10.1. The van der Waals surface area contributed by atoms with Crippen LogP contribution < -0.4 is 19.5 Å². The lowest BCUT2D eigenvalue weighted by Crippen LogP contribution is -2.24. The fraction of sp³-hybridized carbons (Fsp3) is 0.381. The predicted molar refractivity (Wildman–Crippen MR) is 119 cm³/mol. The number of sulfonamides is 1. The predicted octanol–water partition coefficient (Wildman–Crippen LogP) is 4.22. The molecule has 7 nitrogen and oxygen atoms in total. The Kier molecular flexibility index (Phi) is 8.80. The van der Waals surface area contributed by atoms with E-state index in [0.29, 0.717) is 46.5 Å². The number of carbonyl (C=O) groups is 1. The standard InChI is InChI=1S/C21H27ClN2O5S/c1-4-6-11-29-20-17(22)12-16(13-19(20)28-5-2)21(25)23-14-15-9-7-8-10-18(15)24-30(3,26)27/h7-10,12-13,24H,4-6,11,14H2,1-3H3,(H,23,25). The number of carbonyl (C=O) groups excluding carboxylic acids is 1. The number of hydrogen-bond donors (Lipinski definition) is 2. The molecule has 0 aliphatic rings. The SMILES string of the molecule is CCCCOc1c(Cl)cc(C(=O)NCc2ccccc2NS(C)(=O)=O)cc1OCC. The maximum atomic E-state index is 12.7. The molecule has 0 saturated carbocycles. The van der Waals surface area contributed by atoms with E-state index in [9.17, 15) is 13.2 Å². The van der Waals surface area contributed by atoms with E-state index in [2.05, 4.69) is 17.0 Å². The first-order valence-corrected chi connectivity index (χ1v) is 11.9. The number of halogens is 1. The van der Waals surface area contributed by atoms with Gasteiger partial charge in [0.05, 0.1) is 30.2 Å². The van der Waals surface area contributed by atoms with E-state index in [1.165, 1.54) is 6.07 Å². The molecule has 2 rings (SSSR count). The molecule has 0 saturated heterocycles. The molecule has 0 aliphatic heterocycles. The van der Waals surface area contributed by atoms with Crippen LogP contribution in [0.15, 0.2) is 36.4 Å². The van der Waals surface area contributed by atoms with Crippen molar-refractivity contribution in [2.75, 3.05) is 24.2 Å². The Balaban J connectivity index is 2.18. The second-order valence-electron chi connectivity index (χ2n) is 6.63. The average molecular weight is 455 g/mol. The Morgan fingerprint density at radius 2 is 1.87 bits per heavy atom. The second kappa shape index (κ2) is 11.1. The molecular formula is C21H27ClN2O5S. The van der Waals surface area contributed by atoms with Gasteiger partial charge in [-0.2, -0.15) is 0 Å². The molecular weight excluding hydrogens is 428 g/mol. The first-order valence-electron chi connectivity index (χ1n) is 9.68. The Labute approximate surface area is 182 Å². The van der Waals surface area contributed by atoms with Gasteiger partial charge in [0.2, 0.25) is 10.0 Å². The van der Waals surface area contributed by atoms with Crippen LogP contribution in [0.4, 0.5) is 5.69 Å².